The maximum absolute atomic E-state index is 12.9. The van der Waals surface area contributed by atoms with E-state index in [1.165, 1.54) is 212 Å². The molecule has 0 aliphatic carbocycles. The third-order valence-electron chi connectivity index (χ3n) is 15.1. The van der Waals surface area contributed by atoms with Crippen LogP contribution in [0.1, 0.15) is 348 Å². The molecule has 0 aromatic carbocycles. The third kappa shape index (κ3) is 65.4. The zero-order valence-corrected chi connectivity index (χ0v) is 53.1. The molecule has 0 fully saturated rings. The molecule has 0 rings (SSSR count). The molecule has 0 N–H and O–H groups in total. The molecular weight excluding hydrogens is 985 g/mol. The second kappa shape index (κ2) is 68.1. The van der Waals surface area contributed by atoms with Crippen LogP contribution in [0.2, 0.25) is 0 Å². The smallest absolute Gasteiger partial charge is 0.306 e. The minimum atomic E-state index is -0.799. The molecular formula is C74H130O6. The number of rotatable bonds is 63. The number of ether oxygens (including phenoxy) is 3. The first-order chi connectivity index (χ1) is 39.5. The van der Waals surface area contributed by atoms with Crippen LogP contribution in [0.15, 0.2) is 85.1 Å². The van der Waals surface area contributed by atoms with Gasteiger partial charge < -0.3 is 14.2 Å². The molecule has 0 aromatic heterocycles. The molecule has 1 atom stereocenters. The van der Waals surface area contributed by atoms with Crippen LogP contribution in [0.4, 0.5) is 0 Å². The molecule has 0 aliphatic heterocycles. The van der Waals surface area contributed by atoms with Gasteiger partial charge in [-0.15, -0.1) is 0 Å². The third-order valence-corrected chi connectivity index (χ3v) is 15.1. The molecule has 462 valence electrons. The Hall–Kier alpha value is -3.41. The first-order valence-electron chi connectivity index (χ1n) is 34.6. The topological polar surface area (TPSA) is 78.9 Å². The van der Waals surface area contributed by atoms with Crippen LogP contribution in [0, 0.1) is 0 Å². The molecule has 0 aliphatic rings. The highest BCUT2D eigenvalue weighted by molar-refractivity contribution is 5.71. The Morgan fingerprint density at radius 2 is 0.487 bits per heavy atom. The Balaban J connectivity index is 4.27. The van der Waals surface area contributed by atoms with E-state index in [0.29, 0.717) is 19.3 Å². The van der Waals surface area contributed by atoms with Gasteiger partial charge in [0.1, 0.15) is 13.2 Å². The maximum atomic E-state index is 12.9. The molecule has 0 amide bonds. The number of hydrogen-bond acceptors (Lipinski definition) is 6. The lowest BCUT2D eigenvalue weighted by Crippen LogP contribution is -2.30. The van der Waals surface area contributed by atoms with E-state index < -0.39 is 6.10 Å². The number of hydrogen-bond donors (Lipinski definition) is 0. The van der Waals surface area contributed by atoms with Gasteiger partial charge in [0.2, 0.25) is 0 Å². The fourth-order valence-electron chi connectivity index (χ4n) is 9.93. The summed E-state index contributed by atoms with van der Waals surface area (Å²) in [6, 6.07) is 0. The molecule has 0 spiro atoms. The van der Waals surface area contributed by atoms with Gasteiger partial charge in [0.15, 0.2) is 6.10 Å². The Morgan fingerprint density at radius 1 is 0.263 bits per heavy atom. The molecule has 1 unspecified atom stereocenters. The molecule has 0 heterocycles. The summed E-state index contributed by atoms with van der Waals surface area (Å²) in [6.45, 7) is 6.51. The van der Waals surface area contributed by atoms with Gasteiger partial charge in [0.25, 0.3) is 0 Å². The van der Waals surface area contributed by atoms with Crippen LogP contribution in [0.3, 0.4) is 0 Å². The highest BCUT2D eigenvalue weighted by Crippen LogP contribution is 2.17. The normalized spacial score (nSPS) is 12.6. The lowest BCUT2D eigenvalue weighted by atomic mass is 10.0. The number of carbonyl (C=O) groups excluding carboxylic acids is 3. The van der Waals surface area contributed by atoms with Crippen molar-refractivity contribution in [2.45, 2.75) is 354 Å². The van der Waals surface area contributed by atoms with Crippen molar-refractivity contribution in [1.82, 2.24) is 0 Å². The molecule has 6 nitrogen and oxygen atoms in total. The Labute approximate surface area is 496 Å². The number of esters is 3. The SMILES string of the molecule is CC/C=C\C/C=C\C/C=C\C/C=C\CCCCC(=O)OCC(COC(=O)CCCCCCCCCCCCCCCCCCC/C=C\CCCCCCCCCC)OC(=O)CCCCCCCCC/C=C\C/C=C\CCCCCC. The van der Waals surface area contributed by atoms with Crippen LogP contribution in [0.5, 0.6) is 0 Å². The summed E-state index contributed by atoms with van der Waals surface area (Å²) in [4.78, 5) is 38.4. The zero-order valence-electron chi connectivity index (χ0n) is 53.1. The van der Waals surface area contributed by atoms with Gasteiger partial charge in [-0.25, -0.2) is 0 Å². The van der Waals surface area contributed by atoms with E-state index in [-0.39, 0.29) is 31.1 Å². The van der Waals surface area contributed by atoms with Gasteiger partial charge in [-0.05, 0) is 116 Å². The minimum Gasteiger partial charge on any atom is -0.462 e. The van der Waals surface area contributed by atoms with Gasteiger partial charge in [0.05, 0.1) is 0 Å². The molecule has 0 radical (unpaired) electrons. The monoisotopic (exact) mass is 1110 g/mol. The highest BCUT2D eigenvalue weighted by Gasteiger charge is 2.19. The van der Waals surface area contributed by atoms with E-state index in [9.17, 15) is 14.4 Å². The minimum absolute atomic E-state index is 0.0908. The van der Waals surface area contributed by atoms with Crippen LogP contribution < -0.4 is 0 Å². The predicted molar refractivity (Wildman–Crippen MR) is 348 cm³/mol. The summed E-state index contributed by atoms with van der Waals surface area (Å²) in [5.41, 5.74) is 0. The van der Waals surface area contributed by atoms with Crippen LogP contribution in [-0.4, -0.2) is 37.2 Å². The van der Waals surface area contributed by atoms with Crippen molar-refractivity contribution in [3.8, 4) is 0 Å². The van der Waals surface area contributed by atoms with E-state index in [1.807, 2.05) is 0 Å². The first kappa shape index (κ1) is 76.6. The average Bonchev–Trinajstić information content (AvgIpc) is 3.46. The number of carbonyl (C=O) groups is 3. The summed E-state index contributed by atoms with van der Waals surface area (Å²) in [7, 11) is 0. The standard InChI is InChI=1S/C74H130O6/c1-4-7-10-13-16-19-22-25-28-30-32-33-34-35-36-37-38-39-40-41-42-44-46-49-52-55-58-61-64-67-73(76)79-70-71(69-78-72(75)66-63-60-57-54-51-48-45-27-24-21-18-15-12-9-6-3)80-74(77)68-65-62-59-56-53-50-47-43-31-29-26-23-20-17-14-11-8-5-2/h9,12,18,20-21,23,27,29-32,45,51,54,71H,4-8,10-11,13-17,19,22,24-26,28,33-44,46-50,52-53,55-70H2,1-3H3/b12-9-,21-18-,23-20-,31-29-,32-30-,45-27-,54-51-. The first-order valence-corrected chi connectivity index (χ1v) is 34.6. The Bertz CT molecular complexity index is 1520. The lowest BCUT2D eigenvalue weighted by molar-refractivity contribution is -0.167. The largest absolute Gasteiger partial charge is 0.462 e. The van der Waals surface area contributed by atoms with Crippen molar-refractivity contribution in [3.63, 3.8) is 0 Å². The molecule has 0 saturated carbocycles. The molecule has 0 bridgehead atoms. The number of unbranched alkanes of at least 4 members (excludes halogenated alkanes) is 38. The predicted octanol–water partition coefficient (Wildman–Crippen LogP) is 23.8. The maximum Gasteiger partial charge on any atom is 0.306 e. The van der Waals surface area contributed by atoms with Crippen molar-refractivity contribution in [3.05, 3.63) is 85.1 Å². The van der Waals surface area contributed by atoms with E-state index in [1.54, 1.807) is 0 Å². The van der Waals surface area contributed by atoms with E-state index in [2.05, 4.69) is 106 Å². The second-order valence-corrected chi connectivity index (χ2v) is 23.1. The van der Waals surface area contributed by atoms with Crippen molar-refractivity contribution in [2.75, 3.05) is 13.2 Å². The molecule has 0 saturated heterocycles. The Kier molecular flexibility index (Phi) is 65.2. The van der Waals surface area contributed by atoms with Crippen molar-refractivity contribution < 1.29 is 28.6 Å². The molecule has 80 heavy (non-hydrogen) atoms. The van der Waals surface area contributed by atoms with E-state index >= 15 is 0 Å². The summed E-state index contributed by atoms with van der Waals surface area (Å²) in [5.74, 6) is -0.927. The second-order valence-electron chi connectivity index (χ2n) is 23.1. The fraction of sp³-hybridized carbons (Fsp3) is 0.770. The summed E-state index contributed by atoms with van der Waals surface area (Å²) >= 11 is 0. The zero-order chi connectivity index (χ0) is 57.8. The Morgan fingerprint density at radius 3 is 0.812 bits per heavy atom. The van der Waals surface area contributed by atoms with Gasteiger partial charge in [-0.3, -0.25) is 14.4 Å². The quantitative estimate of drug-likeness (QED) is 0.0261. The van der Waals surface area contributed by atoms with E-state index in [0.717, 1.165) is 96.3 Å². The summed E-state index contributed by atoms with van der Waals surface area (Å²) in [6.07, 6.45) is 90.5. The van der Waals surface area contributed by atoms with Crippen LogP contribution in [-0.2, 0) is 28.6 Å². The molecule has 0 aromatic rings. The van der Waals surface area contributed by atoms with Gasteiger partial charge in [-0.1, -0.05) is 298 Å². The van der Waals surface area contributed by atoms with Gasteiger partial charge in [-0.2, -0.15) is 0 Å². The highest BCUT2D eigenvalue weighted by atomic mass is 16.6. The summed E-state index contributed by atoms with van der Waals surface area (Å²) in [5, 5.41) is 0. The summed E-state index contributed by atoms with van der Waals surface area (Å²) < 4.78 is 16.9. The fourth-order valence-corrected chi connectivity index (χ4v) is 9.93. The number of allylic oxidation sites excluding steroid dienone is 14. The average molecular weight is 1120 g/mol. The van der Waals surface area contributed by atoms with Gasteiger partial charge in [0, 0.05) is 19.3 Å². The van der Waals surface area contributed by atoms with Crippen LogP contribution >= 0.6 is 0 Å². The molecule has 6 heteroatoms. The van der Waals surface area contributed by atoms with Crippen molar-refractivity contribution >= 4 is 17.9 Å². The van der Waals surface area contributed by atoms with Crippen molar-refractivity contribution in [2.24, 2.45) is 0 Å². The van der Waals surface area contributed by atoms with Crippen LogP contribution in [0.25, 0.3) is 0 Å². The lowest BCUT2D eigenvalue weighted by Gasteiger charge is -2.18. The van der Waals surface area contributed by atoms with Crippen molar-refractivity contribution in [1.29, 1.82) is 0 Å². The van der Waals surface area contributed by atoms with E-state index in [4.69, 9.17) is 14.2 Å². The van der Waals surface area contributed by atoms with Gasteiger partial charge >= 0.3 is 17.9 Å².